The average molecular weight is 224 g/mol. The molecule has 2 atom stereocenters. The highest BCUT2D eigenvalue weighted by Crippen LogP contribution is 2.60. The van der Waals surface area contributed by atoms with Gasteiger partial charge in [-0.15, -0.1) is 0 Å². The molecule has 0 aromatic heterocycles. The molecule has 2 heteroatoms. The van der Waals surface area contributed by atoms with Crippen molar-refractivity contribution < 1.29 is 9.53 Å². The fraction of sp³-hybridized carbons (Fsp3) is 0.786. The zero-order valence-electron chi connectivity index (χ0n) is 11.5. The molecule has 0 heterocycles. The van der Waals surface area contributed by atoms with Crippen molar-refractivity contribution in [2.24, 2.45) is 17.3 Å². The fourth-order valence-electron chi connectivity index (χ4n) is 2.16. The Morgan fingerprint density at radius 2 is 1.75 bits per heavy atom. The average Bonchev–Trinajstić information content (AvgIpc) is 2.47. The molecule has 2 nitrogen and oxygen atoms in total. The highest BCUT2D eigenvalue weighted by Gasteiger charge is 2.61. The van der Waals surface area contributed by atoms with E-state index < -0.39 is 0 Å². The second-order valence-corrected chi connectivity index (χ2v) is 6.60. The summed E-state index contributed by atoms with van der Waals surface area (Å²) < 4.78 is 5.44. The molecule has 1 aliphatic rings. The summed E-state index contributed by atoms with van der Waals surface area (Å²) in [4.78, 5) is 12.0. The van der Waals surface area contributed by atoms with E-state index in [1.807, 2.05) is 20.8 Å². The topological polar surface area (TPSA) is 26.3 Å². The smallest absolute Gasteiger partial charge is 0.310 e. The first kappa shape index (κ1) is 13.3. The zero-order chi connectivity index (χ0) is 12.7. The largest absolute Gasteiger partial charge is 0.460 e. The monoisotopic (exact) mass is 224 g/mol. The van der Waals surface area contributed by atoms with Crippen molar-refractivity contribution in [3.05, 3.63) is 11.6 Å². The van der Waals surface area contributed by atoms with Crippen molar-refractivity contribution in [3.63, 3.8) is 0 Å². The first-order chi connectivity index (χ1) is 7.05. The van der Waals surface area contributed by atoms with Crippen molar-refractivity contribution in [2.75, 3.05) is 0 Å². The van der Waals surface area contributed by atoms with E-state index in [2.05, 4.69) is 33.8 Å². The lowest BCUT2D eigenvalue weighted by Crippen LogP contribution is -2.26. The van der Waals surface area contributed by atoms with E-state index in [4.69, 9.17) is 4.74 Å². The predicted octanol–water partition coefficient (Wildman–Crippen LogP) is 3.57. The van der Waals surface area contributed by atoms with E-state index in [-0.39, 0.29) is 22.9 Å². The quantitative estimate of drug-likeness (QED) is 0.529. The predicted molar refractivity (Wildman–Crippen MR) is 66.0 cm³/mol. The van der Waals surface area contributed by atoms with Crippen molar-refractivity contribution in [1.29, 1.82) is 0 Å². The molecule has 92 valence electrons. The van der Waals surface area contributed by atoms with Crippen molar-refractivity contribution in [2.45, 2.75) is 54.1 Å². The molecule has 0 saturated heterocycles. The number of hydrogen-bond acceptors (Lipinski definition) is 2. The van der Waals surface area contributed by atoms with Gasteiger partial charge >= 0.3 is 5.97 Å². The molecule has 0 spiro atoms. The van der Waals surface area contributed by atoms with Crippen LogP contribution in [0.5, 0.6) is 0 Å². The van der Waals surface area contributed by atoms with E-state index >= 15 is 0 Å². The van der Waals surface area contributed by atoms with Crippen LogP contribution < -0.4 is 0 Å². The summed E-state index contributed by atoms with van der Waals surface area (Å²) in [5, 5.41) is 0. The van der Waals surface area contributed by atoms with Crippen LogP contribution in [0.15, 0.2) is 11.6 Å². The SMILES string of the molecule is CC(C)=CC1C(C(=O)OC(C)(C)C)C1(C)C. The minimum atomic E-state index is -0.384. The minimum Gasteiger partial charge on any atom is -0.460 e. The standard InChI is InChI=1S/C14H24O2/c1-9(2)8-10-11(14(10,6)7)12(15)16-13(3,4)5/h8,10-11H,1-7H3. The second kappa shape index (κ2) is 3.90. The van der Waals surface area contributed by atoms with Gasteiger partial charge in [0, 0.05) is 0 Å². The van der Waals surface area contributed by atoms with Gasteiger partial charge in [-0.1, -0.05) is 25.5 Å². The lowest BCUT2D eigenvalue weighted by molar-refractivity contribution is -0.157. The first-order valence-corrected chi connectivity index (χ1v) is 5.93. The van der Waals surface area contributed by atoms with Gasteiger partial charge in [-0.2, -0.15) is 0 Å². The molecule has 0 N–H and O–H groups in total. The highest BCUT2D eigenvalue weighted by atomic mass is 16.6. The van der Waals surface area contributed by atoms with Gasteiger partial charge in [-0.3, -0.25) is 4.79 Å². The van der Waals surface area contributed by atoms with Gasteiger partial charge < -0.3 is 4.74 Å². The Labute approximate surface area is 99.1 Å². The molecule has 0 radical (unpaired) electrons. The number of esters is 1. The van der Waals surface area contributed by atoms with Crippen LogP contribution in [0.1, 0.15) is 48.5 Å². The number of allylic oxidation sites excluding steroid dienone is 2. The van der Waals surface area contributed by atoms with E-state index in [1.54, 1.807) is 0 Å². The van der Waals surface area contributed by atoms with E-state index in [0.29, 0.717) is 5.92 Å². The molecule has 2 unspecified atom stereocenters. The molecule has 1 rings (SSSR count). The van der Waals surface area contributed by atoms with Crippen LogP contribution in [-0.4, -0.2) is 11.6 Å². The van der Waals surface area contributed by atoms with Crippen molar-refractivity contribution in [3.8, 4) is 0 Å². The van der Waals surface area contributed by atoms with Gasteiger partial charge in [0.05, 0.1) is 5.92 Å². The van der Waals surface area contributed by atoms with Gasteiger partial charge in [0.2, 0.25) is 0 Å². The molecule has 1 saturated carbocycles. The summed E-state index contributed by atoms with van der Waals surface area (Å²) in [5.74, 6) is 0.314. The van der Waals surface area contributed by atoms with Crippen LogP contribution in [0.3, 0.4) is 0 Å². The van der Waals surface area contributed by atoms with Crippen molar-refractivity contribution >= 4 is 5.97 Å². The third-order valence-electron chi connectivity index (χ3n) is 3.08. The maximum atomic E-state index is 12.0. The van der Waals surface area contributed by atoms with Crippen molar-refractivity contribution in [1.82, 2.24) is 0 Å². The molecule has 0 aromatic rings. The Bertz CT molecular complexity index is 314. The molecule has 0 amide bonds. The van der Waals surface area contributed by atoms with E-state index in [0.717, 1.165) is 0 Å². The molecule has 16 heavy (non-hydrogen) atoms. The number of carbonyl (C=O) groups is 1. The second-order valence-electron chi connectivity index (χ2n) is 6.60. The Hall–Kier alpha value is -0.790. The Morgan fingerprint density at radius 1 is 1.25 bits per heavy atom. The third-order valence-corrected chi connectivity index (χ3v) is 3.08. The summed E-state index contributed by atoms with van der Waals surface area (Å²) >= 11 is 0. The molecule has 1 fully saturated rings. The number of hydrogen-bond donors (Lipinski definition) is 0. The van der Waals surface area contributed by atoms with Crippen LogP contribution in [0.25, 0.3) is 0 Å². The maximum Gasteiger partial charge on any atom is 0.310 e. The van der Waals surface area contributed by atoms with Crippen LogP contribution in [0, 0.1) is 17.3 Å². The zero-order valence-corrected chi connectivity index (χ0v) is 11.5. The Morgan fingerprint density at radius 3 is 2.12 bits per heavy atom. The molecule has 1 aliphatic carbocycles. The summed E-state index contributed by atoms with van der Waals surface area (Å²) in [6.45, 7) is 14.1. The van der Waals surface area contributed by atoms with Crippen LogP contribution in [0.4, 0.5) is 0 Å². The molecular formula is C14H24O2. The summed E-state index contributed by atoms with van der Waals surface area (Å²) in [6.07, 6.45) is 2.19. The molecular weight excluding hydrogens is 200 g/mol. The van der Waals surface area contributed by atoms with Crippen LogP contribution in [-0.2, 0) is 9.53 Å². The van der Waals surface area contributed by atoms with Gasteiger partial charge in [-0.25, -0.2) is 0 Å². The normalized spacial score (nSPS) is 27.2. The van der Waals surface area contributed by atoms with E-state index in [1.165, 1.54) is 5.57 Å². The number of ether oxygens (including phenoxy) is 1. The number of rotatable bonds is 2. The van der Waals surface area contributed by atoms with Gasteiger partial charge in [0.15, 0.2) is 0 Å². The first-order valence-electron chi connectivity index (χ1n) is 5.93. The molecule has 0 aromatic carbocycles. The van der Waals surface area contributed by atoms with Gasteiger partial charge in [-0.05, 0) is 46.0 Å². The third kappa shape index (κ3) is 2.87. The summed E-state index contributed by atoms with van der Waals surface area (Å²) in [6, 6.07) is 0. The highest BCUT2D eigenvalue weighted by molar-refractivity contribution is 5.78. The Kier molecular flexibility index (Phi) is 3.24. The Balaban J connectivity index is 2.70. The van der Waals surface area contributed by atoms with Crippen LogP contribution >= 0.6 is 0 Å². The number of carbonyl (C=O) groups excluding carboxylic acids is 1. The lowest BCUT2D eigenvalue weighted by atomic mass is 10.1. The summed E-state index contributed by atoms with van der Waals surface area (Å²) in [5.41, 5.74) is 0.939. The molecule has 0 aliphatic heterocycles. The van der Waals surface area contributed by atoms with Gasteiger partial charge in [0.25, 0.3) is 0 Å². The maximum absolute atomic E-state index is 12.0. The fourth-order valence-corrected chi connectivity index (χ4v) is 2.16. The van der Waals surface area contributed by atoms with E-state index in [9.17, 15) is 4.79 Å². The molecule has 0 bridgehead atoms. The van der Waals surface area contributed by atoms with Crippen LogP contribution in [0.2, 0.25) is 0 Å². The minimum absolute atomic E-state index is 0.0293. The lowest BCUT2D eigenvalue weighted by Gasteiger charge is -2.19. The van der Waals surface area contributed by atoms with Gasteiger partial charge in [0.1, 0.15) is 5.60 Å². The summed E-state index contributed by atoms with van der Waals surface area (Å²) in [7, 11) is 0.